The van der Waals surface area contributed by atoms with Crippen LogP contribution in [0.5, 0.6) is 0 Å². The summed E-state index contributed by atoms with van der Waals surface area (Å²) in [7, 11) is 0. The largest absolute Gasteiger partial charge is 0.620 e. The highest BCUT2D eigenvalue weighted by Crippen LogP contribution is 2.48. The summed E-state index contributed by atoms with van der Waals surface area (Å²) in [5.74, 6) is -0.797. The molecule has 84 valence electrons. The molecule has 0 bridgehead atoms. The van der Waals surface area contributed by atoms with E-state index in [9.17, 15) is 5.21 Å². The fourth-order valence-corrected chi connectivity index (χ4v) is 2.52. The van der Waals surface area contributed by atoms with Crippen LogP contribution in [-0.2, 0) is 4.84 Å². The summed E-state index contributed by atoms with van der Waals surface area (Å²) in [5, 5.41) is 13.9. The third-order valence-corrected chi connectivity index (χ3v) is 3.32. The lowest BCUT2D eigenvalue weighted by atomic mass is 9.93. The van der Waals surface area contributed by atoms with Gasteiger partial charge in [0.25, 0.3) is 0 Å². The molecular weight excluding hydrogens is 204 g/mol. The SMILES string of the molecule is CC1(C)C(c2ccccc2)=[N+]([O-])C2(C)ON12. The van der Waals surface area contributed by atoms with Crippen molar-refractivity contribution in [3.8, 4) is 0 Å². The molecule has 0 aromatic heterocycles. The highest BCUT2D eigenvalue weighted by molar-refractivity contribution is 6.04. The maximum Gasteiger partial charge on any atom is 0.378 e. The van der Waals surface area contributed by atoms with Crippen LogP contribution in [0.15, 0.2) is 30.3 Å². The predicted molar refractivity (Wildman–Crippen MR) is 59.6 cm³/mol. The summed E-state index contributed by atoms with van der Waals surface area (Å²) >= 11 is 0. The fraction of sp³-hybridized carbons (Fsp3) is 0.417. The predicted octanol–water partition coefficient (Wildman–Crippen LogP) is 1.70. The summed E-state index contributed by atoms with van der Waals surface area (Å²) in [5.41, 5.74) is 1.35. The minimum atomic E-state index is -0.797. The number of hydrogen-bond acceptors (Lipinski definition) is 3. The molecule has 0 amide bonds. The molecule has 0 N–H and O–H groups in total. The zero-order valence-corrected chi connectivity index (χ0v) is 9.60. The van der Waals surface area contributed by atoms with Crippen LogP contribution in [0.2, 0.25) is 0 Å². The van der Waals surface area contributed by atoms with Crippen LogP contribution in [0.1, 0.15) is 26.3 Å². The first-order valence-corrected chi connectivity index (χ1v) is 5.37. The average Bonchev–Trinajstić information content (AvgIpc) is 2.91. The molecule has 1 aromatic carbocycles. The molecule has 16 heavy (non-hydrogen) atoms. The van der Waals surface area contributed by atoms with E-state index in [1.807, 2.05) is 44.2 Å². The first kappa shape index (κ1) is 9.81. The molecule has 1 fully saturated rings. The Morgan fingerprint density at radius 1 is 1.19 bits per heavy atom. The first-order chi connectivity index (χ1) is 7.48. The fourth-order valence-electron chi connectivity index (χ4n) is 2.52. The third-order valence-electron chi connectivity index (χ3n) is 3.32. The Morgan fingerprint density at radius 3 is 2.31 bits per heavy atom. The van der Waals surface area contributed by atoms with E-state index in [0.717, 1.165) is 16.0 Å². The molecule has 4 heteroatoms. The molecule has 3 rings (SSSR count). The molecule has 2 atom stereocenters. The molecular formula is C12H14N2O2. The standard InChI is InChI=1S/C12H14N2O2/c1-11(2)10(9-7-5-4-6-8-9)13(15)12(3)14(11)16-12/h4-8H,1-3H3. The zero-order chi connectivity index (χ0) is 11.6. The van der Waals surface area contributed by atoms with E-state index in [4.69, 9.17) is 4.84 Å². The van der Waals surface area contributed by atoms with E-state index in [2.05, 4.69) is 0 Å². The van der Waals surface area contributed by atoms with E-state index < -0.39 is 5.85 Å². The zero-order valence-electron chi connectivity index (χ0n) is 9.60. The van der Waals surface area contributed by atoms with Gasteiger partial charge in [0.1, 0.15) is 5.54 Å². The molecule has 2 heterocycles. The van der Waals surface area contributed by atoms with Gasteiger partial charge in [-0.05, 0) is 26.0 Å². The Kier molecular flexibility index (Phi) is 1.62. The van der Waals surface area contributed by atoms with Crippen LogP contribution in [0, 0.1) is 5.21 Å². The van der Waals surface area contributed by atoms with Crippen molar-refractivity contribution >= 4 is 5.71 Å². The lowest BCUT2D eigenvalue weighted by Gasteiger charge is -2.18. The summed E-state index contributed by atoms with van der Waals surface area (Å²) in [6, 6.07) is 9.73. The second-order valence-electron chi connectivity index (χ2n) is 4.89. The Bertz CT molecular complexity index is 481. The van der Waals surface area contributed by atoms with Gasteiger partial charge < -0.3 is 5.21 Å². The van der Waals surface area contributed by atoms with Gasteiger partial charge in [-0.2, -0.15) is 4.74 Å². The Morgan fingerprint density at radius 2 is 1.81 bits per heavy atom. The minimum Gasteiger partial charge on any atom is -0.620 e. The molecule has 2 aliphatic heterocycles. The van der Waals surface area contributed by atoms with Crippen molar-refractivity contribution < 1.29 is 9.58 Å². The molecule has 4 nitrogen and oxygen atoms in total. The summed E-state index contributed by atoms with van der Waals surface area (Å²) in [6.45, 7) is 5.79. The summed E-state index contributed by atoms with van der Waals surface area (Å²) < 4.78 is 0.975. The second-order valence-corrected chi connectivity index (χ2v) is 4.89. The maximum absolute atomic E-state index is 12.2. The van der Waals surface area contributed by atoms with Crippen LogP contribution in [-0.4, -0.2) is 26.9 Å². The smallest absolute Gasteiger partial charge is 0.378 e. The Labute approximate surface area is 94.3 Å². The molecule has 1 saturated heterocycles. The molecule has 0 saturated carbocycles. The van der Waals surface area contributed by atoms with Gasteiger partial charge in [0.15, 0.2) is 0 Å². The van der Waals surface area contributed by atoms with Crippen molar-refractivity contribution in [1.82, 2.24) is 5.06 Å². The van der Waals surface area contributed by atoms with Gasteiger partial charge >= 0.3 is 5.85 Å². The first-order valence-electron chi connectivity index (χ1n) is 5.37. The van der Waals surface area contributed by atoms with Gasteiger partial charge in [-0.25, -0.2) is 4.84 Å². The second kappa shape index (κ2) is 2.64. The van der Waals surface area contributed by atoms with Crippen LogP contribution in [0.3, 0.4) is 0 Å². The summed E-state index contributed by atoms with van der Waals surface area (Å²) in [6.07, 6.45) is 0. The van der Waals surface area contributed by atoms with Gasteiger partial charge in [-0.15, -0.1) is 0 Å². The topological polar surface area (TPSA) is 41.6 Å². The van der Waals surface area contributed by atoms with E-state index in [0.29, 0.717) is 0 Å². The van der Waals surface area contributed by atoms with Crippen LogP contribution < -0.4 is 0 Å². The van der Waals surface area contributed by atoms with E-state index >= 15 is 0 Å². The normalized spacial score (nSPS) is 35.1. The van der Waals surface area contributed by atoms with Gasteiger partial charge in [-0.3, -0.25) is 0 Å². The van der Waals surface area contributed by atoms with Crippen molar-refractivity contribution in [1.29, 1.82) is 0 Å². The Hall–Kier alpha value is -1.39. The van der Waals surface area contributed by atoms with E-state index in [1.54, 1.807) is 12.0 Å². The third kappa shape index (κ3) is 0.982. The number of benzene rings is 1. The number of rotatable bonds is 1. The van der Waals surface area contributed by atoms with Crippen molar-refractivity contribution in [3.63, 3.8) is 0 Å². The number of hydrogen-bond donors (Lipinski definition) is 0. The molecule has 1 aromatic rings. The molecule has 0 aliphatic carbocycles. The van der Waals surface area contributed by atoms with Gasteiger partial charge in [0, 0.05) is 5.56 Å². The monoisotopic (exact) mass is 218 g/mol. The maximum atomic E-state index is 12.2. The molecule has 2 unspecified atom stereocenters. The number of nitrogens with zero attached hydrogens (tertiary/aromatic N) is 2. The van der Waals surface area contributed by atoms with Crippen LogP contribution in [0.4, 0.5) is 0 Å². The quantitative estimate of drug-likeness (QED) is 0.409. The van der Waals surface area contributed by atoms with Crippen molar-refractivity contribution in [2.24, 2.45) is 0 Å². The van der Waals surface area contributed by atoms with Gasteiger partial charge in [0.05, 0.1) is 6.92 Å². The molecule has 0 radical (unpaired) electrons. The summed E-state index contributed by atoms with van der Waals surface area (Å²) in [4.78, 5) is 5.35. The lowest BCUT2D eigenvalue weighted by molar-refractivity contribution is -0.537. The highest BCUT2D eigenvalue weighted by Gasteiger charge is 2.75. The number of hydroxylamine groups is 3. The van der Waals surface area contributed by atoms with E-state index in [1.165, 1.54) is 0 Å². The minimum absolute atomic E-state index is 0.377. The average molecular weight is 218 g/mol. The van der Waals surface area contributed by atoms with Crippen molar-refractivity contribution in [2.45, 2.75) is 32.2 Å². The van der Waals surface area contributed by atoms with Crippen molar-refractivity contribution in [3.05, 3.63) is 41.1 Å². The number of fused-ring (bicyclic) bond motifs is 1. The highest BCUT2D eigenvalue weighted by atomic mass is 16.9. The Balaban J connectivity index is 2.17. The van der Waals surface area contributed by atoms with Gasteiger partial charge in [0.2, 0.25) is 5.71 Å². The van der Waals surface area contributed by atoms with Crippen LogP contribution in [0.25, 0.3) is 0 Å². The van der Waals surface area contributed by atoms with Crippen molar-refractivity contribution in [2.75, 3.05) is 0 Å². The molecule has 0 spiro atoms. The van der Waals surface area contributed by atoms with Gasteiger partial charge in [-0.1, -0.05) is 23.3 Å². The molecule has 2 aliphatic rings. The van der Waals surface area contributed by atoms with E-state index in [-0.39, 0.29) is 5.54 Å². The van der Waals surface area contributed by atoms with Crippen LogP contribution >= 0.6 is 0 Å². The lowest BCUT2D eigenvalue weighted by Crippen LogP contribution is -2.39.